The molecule has 0 aromatic carbocycles. The highest BCUT2D eigenvalue weighted by molar-refractivity contribution is 8.49. The summed E-state index contributed by atoms with van der Waals surface area (Å²) in [5.41, 5.74) is 0. The lowest BCUT2D eigenvalue weighted by atomic mass is 9.87. The molecule has 0 radical (unpaired) electrons. The maximum atomic E-state index is 5.65. The molecule has 2 rings (SSSR count). The molecular weight excluding hydrogens is 163 g/mol. The van der Waals surface area contributed by atoms with E-state index in [0.717, 1.165) is 0 Å². The predicted octanol–water partition coefficient (Wildman–Crippen LogP) is 2.96. The first kappa shape index (κ1) is 7.39. The van der Waals surface area contributed by atoms with Gasteiger partial charge in [-0.2, -0.15) is 0 Å². The summed E-state index contributed by atoms with van der Waals surface area (Å²) < 4.78 is 6.15. The van der Waals surface area contributed by atoms with Gasteiger partial charge in [-0.3, -0.25) is 0 Å². The van der Waals surface area contributed by atoms with Crippen LogP contribution in [0.4, 0.5) is 0 Å². The monoisotopic (exact) mass is 176 g/mol. The molecule has 58 valence electrons. The van der Waals surface area contributed by atoms with Crippen molar-refractivity contribution in [2.45, 2.75) is 43.5 Å². The van der Waals surface area contributed by atoms with E-state index in [9.17, 15) is 0 Å². The van der Waals surface area contributed by atoms with Crippen molar-refractivity contribution in [3.05, 3.63) is 0 Å². The Labute approximate surface area is 67.9 Å². The van der Waals surface area contributed by atoms with E-state index in [1.807, 2.05) is 11.4 Å². The normalized spacial score (nSPS) is 49.5. The van der Waals surface area contributed by atoms with Gasteiger partial charge < -0.3 is 4.52 Å². The molecule has 2 aliphatic rings. The van der Waals surface area contributed by atoms with Gasteiger partial charge in [0, 0.05) is 4.75 Å². The second kappa shape index (κ2) is 2.66. The lowest BCUT2D eigenvalue weighted by Crippen LogP contribution is -2.35. The van der Waals surface area contributed by atoms with Crippen LogP contribution in [0.15, 0.2) is 0 Å². The van der Waals surface area contributed by atoms with E-state index >= 15 is 0 Å². The van der Waals surface area contributed by atoms with E-state index in [2.05, 4.69) is 6.92 Å². The molecule has 1 heterocycles. The lowest BCUT2D eigenvalue weighted by molar-refractivity contribution is 0.154. The Bertz CT molecular complexity index is 142. The average Bonchev–Trinajstić information content (AvgIpc) is 2.29. The highest BCUT2D eigenvalue weighted by Crippen LogP contribution is 2.58. The van der Waals surface area contributed by atoms with Crippen molar-refractivity contribution in [1.82, 2.24) is 0 Å². The van der Waals surface area contributed by atoms with E-state index in [1.165, 1.54) is 25.7 Å². The van der Waals surface area contributed by atoms with Gasteiger partial charge in [0.1, 0.15) is 0 Å². The largest absolute Gasteiger partial charge is 0.347 e. The zero-order chi connectivity index (χ0) is 7.03. The molecule has 1 aliphatic carbocycles. The van der Waals surface area contributed by atoms with E-state index in [0.29, 0.717) is 18.9 Å². The maximum Gasteiger partial charge on any atom is 0.0773 e. The SMILES string of the molecule is CC12CCCCC1OPS2. The van der Waals surface area contributed by atoms with E-state index < -0.39 is 0 Å². The summed E-state index contributed by atoms with van der Waals surface area (Å²) in [6.45, 7) is 2.36. The molecule has 0 amide bonds. The number of hydrogen-bond acceptors (Lipinski definition) is 2. The van der Waals surface area contributed by atoms with Gasteiger partial charge in [-0.05, 0) is 19.8 Å². The van der Waals surface area contributed by atoms with Crippen molar-refractivity contribution in [2.24, 2.45) is 0 Å². The molecule has 1 nitrogen and oxygen atoms in total. The third-order valence-corrected chi connectivity index (χ3v) is 5.87. The fraction of sp³-hybridized carbons (Fsp3) is 1.00. The molecule has 1 saturated heterocycles. The minimum Gasteiger partial charge on any atom is -0.347 e. The first-order valence-electron chi connectivity index (χ1n) is 3.90. The van der Waals surface area contributed by atoms with Crippen LogP contribution in [0.1, 0.15) is 32.6 Å². The van der Waals surface area contributed by atoms with Crippen LogP contribution in [-0.2, 0) is 4.52 Å². The maximum absolute atomic E-state index is 5.65. The second-order valence-corrected chi connectivity index (χ2v) is 6.00. The van der Waals surface area contributed by atoms with Crippen LogP contribution < -0.4 is 0 Å². The third-order valence-electron chi connectivity index (χ3n) is 2.54. The van der Waals surface area contributed by atoms with Gasteiger partial charge in [0.05, 0.1) is 14.1 Å². The third kappa shape index (κ3) is 1.11. The van der Waals surface area contributed by atoms with Crippen LogP contribution in [0.3, 0.4) is 0 Å². The van der Waals surface area contributed by atoms with E-state index in [1.54, 1.807) is 0 Å². The molecule has 1 aliphatic heterocycles. The summed E-state index contributed by atoms with van der Waals surface area (Å²) in [5.74, 6) is 0. The van der Waals surface area contributed by atoms with Crippen molar-refractivity contribution >= 4 is 19.4 Å². The molecular formula is C7H13OPS. The Morgan fingerprint density at radius 1 is 1.60 bits per heavy atom. The van der Waals surface area contributed by atoms with Crippen molar-refractivity contribution < 1.29 is 4.52 Å². The van der Waals surface area contributed by atoms with Crippen LogP contribution >= 0.6 is 19.4 Å². The molecule has 0 aromatic heterocycles. The van der Waals surface area contributed by atoms with E-state index in [-0.39, 0.29) is 0 Å². The summed E-state index contributed by atoms with van der Waals surface area (Å²) in [4.78, 5) is 0. The number of hydrogen-bond donors (Lipinski definition) is 0. The van der Waals surface area contributed by atoms with Crippen molar-refractivity contribution in [2.75, 3.05) is 0 Å². The molecule has 2 fully saturated rings. The van der Waals surface area contributed by atoms with Crippen LogP contribution in [0.25, 0.3) is 0 Å². The summed E-state index contributed by atoms with van der Waals surface area (Å²) in [6.07, 6.45) is 6.05. The zero-order valence-electron chi connectivity index (χ0n) is 6.22. The average molecular weight is 176 g/mol. The highest BCUT2D eigenvalue weighted by Gasteiger charge is 2.42. The Balaban J connectivity index is 2.10. The molecule has 0 aromatic rings. The van der Waals surface area contributed by atoms with Crippen molar-refractivity contribution in [3.8, 4) is 0 Å². The van der Waals surface area contributed by atoms with Gasteiger partial charge in [0.15, 0.2) is 0 Å². The summed E-state index contributed by atoms with van der Waals surface area (Å²) in [5, 5.41) is 0. The van der Waals surface area contributed by atoms with Crippen LogP contribution in [0.5, 0.6) is 0 Å². The summed E-state index contributed by atoms with van der Waals surface area (Å²) in [6, 6.07) is 0. The minimum absolute atomic E-state index is 0.497. The summed E-state index contributed by atoms with van der Waals surface area (Å²) >= 11 is 2.03. The molecule has 0 N–H and O–H groups in total. The number of rotatable bonds is 0. The van der Waals surface area contributed by atoms with Gasteiger partial charge in [-0.1, -0.05) is 24.2 Å². The van der Waals surface area contributed by atoms with Crippen LogP contribution in [0, 0.1) is 0 Å². The quantitative estimate of drug-likeness (QED) is 0.525. The van der Waals surface area contributed by atoms with E-state index in [4.69, 9.17) is 4.52 Å². The van der Waals surface area contributed by atoms with Crippen molar-refractivity contribution in [1.29, 1.82) is 0 Å². The van der Waals surface area contributed by atoms with Gasteiger partial charge in [0.25, 0.3) is 0 Å². The fourth-order valence-electron chi connectivity index (χ4n) is 1.75. The lowest BCUT2D eigenvalue weighted by Gasteiger charge is -2.32. The smallest absolute Gasteiger partial charge is 0.0773 e. The summed E-state index contributed by atoms with van der Waals surface area (Å²) in [7, 11) is 0.711. The van der Waals surface area contributed by atoms with Gasteiger partial charge >= 0.3 is 0 Å². The van der Waals surface area contributed by atoms with Gasteiger partial charge in [-0.25, -0.2) is 0 Å². The standard InChI is InChI=1S/C7H13OPS/c1-7-5-3-2-4-6(7)8-9-10-7/h6,9H,2-5H2,1H3. The first-order valence-corrected chi connectivity index (χ1v) is 6.35. The minimum atomic E-state index is 0.497. The van der Waals surface area contributed by atoms with Gasteiger partial charge in [0.2, 0.25) is 0 Å². The Morgan fingerprint density at radius 2 is 2.50 bits per heavy atom. The Hall–Kier alpha value is 0.740. The molecule has 0 bridgehead atoms. The number of fused-ring (bicyclic) bond motifs is 1. The van der Waals surface area contributed by atoms with Crippen molar-refractivity contribution in [3.63, 3.8) is 0 Å². The fourth-order valence-corrected chi connectivity index (χ4v) is 4.88. The molecule has 3 unspecified atom stereocenters. The van der Waals surface area contributed by atoms with Crippen LogP contribution in [-0.4, -0.2) is 10.9 Å². The van der Waals surface area contributed by atoms with Gasteiger partial charge in [-0.15, -0.1) is 0 Å². The highest BCUT2D eigenvalue weighted by atomic mass is 32.7. The molecule has 10 heavy (non-hydrogen) atoms. The molecule has 1 saturated carbocycles. The predicted molar refractivity (Wildman–Crippen MR) is 47.7 cm³/mol. The van der Waals surface area contributed by atoms with Crippen LogP contribution in [0.2, 0.25) is 0 Å². The first-order chi connectivity index (χ1) is 4.81. The molecule has 3 heteroatoms. The topological polar surface area (TPSA) is 9.23 Å². The second-order valence-electron chi connectivity index (χ2n) is 3.35. The Morgan fingerprint density at radius 3 is 3.30 bits per heavy atom. The molecule has 0 spiro atoms. The zero-order valence-corrected chi connectivity index (χ0v) is 8.04. The Kier molecular flexibility index (Phi) is 1.96. The molecule has 3 atom stereocenters.